The van der Waals surface area contributed by atoms with Crippen molar-refractivity contribution in [2.24, 2.45) is 11.8 Å². The van der Waals surface area contributed by atoms with Gasteiger partial charge in [-0.15, -0.1) is 0 Å². The van der Waals surface area contributed by atoms with Gasteiger partial charge in [0.1, 0.15) is 11.6 Å². The van der Waals surface area contributed by atoms with Gasteiger partial charge >= 0.3 is 0 Å². The summed E-state index contributed by atoms with van der Waals surface area (Å²) in [6.45, 7) is 0. The molecule has 8 heteroatoms. The average molecular weight is 512 g/mol. The summed E-state index contributed by atoms with van der Waals surface area (Å²) in [6.07, 6.45) is 13.6. The fourth-order valence-electron chi connectivity index (χ4n) is 7.24. The summed E-state index contributed by atoms with van der Waals surface area (Å²) in [5.41, 5.74) is -0.480. The molecule has 5 atom stereocenters. The molecular formula is C28H34ClN3O4. The van der Waals surface area contributed by atoms with Gasteiger partial charge in [0.15, 0.2) is 0 Å². The molecule has 3 heterocycles. The number of amides is 3. The molecule has 3 aliphatic heterocycles. The molecule has 1 aromatic carbocycles. The zero-order valence-electron chi connectivity index (χ0n) is 20.5. The SMILES string of the molecule is O=C(Nc1ccc(Cl)cc1)[C@@H]1[C@H]2C=C[C@@]3(O2)[C@H]1C(=O)N(C1CCCCC1)[C@@H]3C(=O)NC1CCCCC1. The molecule has 1 aromatic rings. The van der Waals surface area contributed by atoms with Gasteiger partial charge in [-0.25, -0.2) is 0 Å². The Kier molecular flexibility index (Phi) is 6.32. The number of rotatable bonds is 5. The van der Waals surface area contributed by atoms with Crippen LogP contribution in [-0.4, -0.2) is 52.5 Å². The second-order valence-corrected chi connectivity index (χ2v) is 11.5. The molecule has 2 bridgehead atoms. The molecule has 2 N–H and O–H groups in total. The molecule has 2 saturated heterocycles. The lowest BCUT2D eigenvalue weighted by Crippen LogP contribution is -2.58. The van der Waals surface area contributed by atoms with Gasteiger partial charge in [0, 0.05) is 22.8 Å². The maximum atomic E-state index is 14.1. The number of fused-ring (bicyclic) bond motifs is 1. The Hall–Kier alpha value is -2.38. The van der Waals surface area contributed by atoms with Crippen LogP contribution in [0, 0.1) is 11.8 Å². The van der Waals surface area contributed by atoms with Crippen LogP contribution in [0.4, 0.5) is 5.69 Å². The second-order valence-electron chi connectivity index (χ2n) is 11.1. The summed E-state index contributed by atoms with van der Waals surface area (Å²) in [4.78, 5) is 43.4. The van der Waals surface area contributed by atoms with E-state index in [1.165, 1.54) is 6.42 Å². The number of likely N-dealkylation sites (tertiary alicyclic amines) is 1. The summed E-state index contributed by atoms with van der Waals surface area (Å²) < 4.78 is 6.47. The Balaban J connectivity index is 1.31. The molecule has 3 amide bonds. The Morgan fingerprint density at radius 3 is 2.31 bits per heavy atom. The molecule has 7 nitrogen and oxygen atoms in total. The van der Waals surface area contributed by atoms with Gasteiger partial charge in [-0.05, 0) is 49.9 Å². The Morgan fingerprint density at radius 1 is 0.944 bits per heavy atom. The maximum Gasteiger partial charge on any atom is 0.246 e. The molecule has 6 rings (SSSR count). The van der Waals surface area contributed by atoms with E-state index in [4.69, 9.17) is 16.3 Å². The van der Waals surface area contributed by atoms with Crippen LogP contribution in [0.15, 0.2) is 36.4 Å². The van der Waals surface area contributed by atoms with Gasteiger partial charge in [-0.2, -0.15) is 0 Å². The summed E-state index contributed by atoms with van der Waals surface area (Å²) in [6, 6.07) is 6.31. The third-order valence-corrected chi connectivity index (χ3v) is 9.15. The van der Waals surface area contributed by atoms with Gasteiger partial charge in [0.2, 0.25) is 17.7 Å². The highest BCUT2D eigenvalue weighted by Gasteiger charge is 2.73. The van der Waals surface area contributed by atoms with Crippen LogP contribution >= 0.6 is 11.6 Å². The molecule has 0 unspecified atom stereocenters. The number of halogens is 1. The summed E-state index contributed by atoms with van der Waals surface area (Å²) in [7, 11) is 0. The van der Waals surface area contributed by atoms with E-state index in [0.717, 1.165) is 57.8 Å². The predicted molar refractivity (Wildman–Crippen MR) is 136 cm³/mol. The van der Waals surface area contributed by atoms with E-state index in [0.29, 0.717) is 10.7 Å². The molecule has 5 aliphatic rings. The summed E-state index contributed by atoms with van der Waals surface area (Å²) in [5.74, 6) is -1.90. The van der Waals surface area contributed by atoms with Crippen molar-refractivity contribution < 1.29 is 19.1 Å². The standard InChI is InChI=1S/C28H34ClN3O4/c29-17-11-13-19(14-12-17)30-25(33)22-21-15-16-28(36-21)23(22)27(35)32(20-9-5-2-6-10-20)24(28)26(34)31-18-7-3-1-4-8-18/h11-16,18,20-24H,1-10H2,(H,30,33)(H,31,34)/t21-,22-,23-,24-,28-/m1/s1. The number of carbonyl (C=O) groups is 3. The second kappa shape index (κ2) is 9.49. The van der Waals surface area contributed by atoms with Crippen molar-refractivity contribution in [1.29, 1.82) is 0 Å². The fourth-order valence-corrected chi connectivity index (χ4v) is 7.37. The van der Waals surface area contributed by atoms with Crippen molar-refractivity contribution in [3.63, 3.8) is 0 Å². The topological polar surface area (TPSA) is 87.7 Å². The molecule has 2 aliphatic carbocycles. The molecule has 36 heavy (non-hydrogen) atoms. The van der Waals surface area contributed by atoms with Gasteiger partial charge in [0.05, 0.1) is 17.9 Å². The van der Waals surface area contributed by atoms with E-state index in [1.807, 2.05) is 17.1 Å². The van der Waals surface area contributed by atoms with Gasteiger partial charge in [0.25, 0.3) is 0 Å². The van der Waals surface area contributed by atoms with E-state index >= 15 is 0 Å². The highest BCUT2D eigenvalue weighted by Crippen LogP contribution is 2.56. The first-order valence-corrected chi connectivity index (χ1v) is 13.9. The molecular weight excluding hydrogens is 478 g/mol. The first-order chi connectivity index (χ1) is 17.5. The quantitative estimate of drug-likeness (QED) is 0.580. The first-order valence-electron chi connectivity index (χ1n) is 13.5. The normalized spacial score (nSPS) is 34.1. The van der Waals surface area contributed by atoms with Crippen LogP contribution < -0.4 is 10.6 Å². The monoisotopic (exact) mass is 511 g/mol. The van der Waals surface area contributed by atoms with Crippen molar-refractivity contribution in [3.05, 3.63) is 41.4 Å². The number of benzene rings is 1. The lowest BCUT2D eigenvalue weighted by Gasteiger charge is -2.39. The minimum atomic E-state index is -1.10. The van der Waals surface area contributed by atoms with Crippen LogP contribution in [0.25, 0.3) is 0 Å². The molecule has 0 radical (unpaired) electrons. The zero-order valence-corrected chi connectivity index (χ0v) is 21.2. The van der Waals surface area contributed by atoms with Crippen LogP contribution in [0.2, 0.25) is 5.02 Å². The number of hydrogen-bond donors (Lipinski definition) is 2. The Labute approximate surface area is 217 Å². The number of anilines is 1. The van der Waals surface area contributed by atoms with E-state index in [2.05, 4.69) is 10.6 Å². The largest absolute Gasteiger partial charge is 0.359 e. The van der Waals surface area contributed by atoms with E-state index < -0.39 is 29.6 Å². The minimum Gasteiger partial charge on any atom is -0.359 e. The van der Waals surface area contributed by atoms with E-state index in [9.17, 15) is 14.4 Å². The molecule has 0 aromatic heterocycles. The minimum absolute atomic E-state index is 0.00403. The van der Waals surface area contributed by atoms with Crippen LogP contribution in [0.3, 0.4) is 0 Å². The number of nitrogens with zero attached hydrogens (tertiary/aromatic N) is 1. The van der Waals surface area contributed by atoms with Crippen LogP contribution in [0.1, 0.15) is 64.2 Å². The Bertz CT molecular complexity index is 1060. The maximum absolute atomic E-state index is 14.1. The summed E-state index contributed by atoms with van der Waals surface area (Å²) in [5, 5.41) is 6.80. The average Bonchev–Trinajstić information content (AvgIpc) is 3.54. The van der Waals surface area contributed by atoms with Crippen molar-refractivity contribution in [2.45, 2.75) is 94.0 Å². The van der Waals surface area contributed by atoms with Crippen molar-refractivity contribution in [1.82, 2.24) is 10.2 Å². The van der Waals surface area contributed by atoms with Crippen LogP contribution in [-0.2, 0) is 19.1 Å². The molecule has 4 fully saturated rings. The third-order valence-electron chi connectivity index (χ3n) is 8.89. The number of carbonyl (C=O) groups excluding carboxylic acids is 3. The zero-order chi connectivity index (χ0) is 24.9. The molecule has 2 saturated carbocycles. The third kappa shape index (κ3) is 3.95. The van der Waals surface area contributed by atoms with Gasteiger partial charge in [-0.3, -0.25) is 14.4 Å². The lowest BCUT2D eigenvalue weighted by atomic mass is 9.74. The summed E-state index contributed by atoms with van der Waals surface area (Å²) >= 11 is 5.99. The van der Waals surface area contributed by atoms with E-state index in [1.54, 1.807) is 24.3 Å². The van der Waals surface area contributed by atoms with Gasteiger partial charge in [-0.1, -0.05) is 62.3 Å². The molecule has 1 spiro atoms. The van der Waals surface area contributed by atoms with Crippen LogP contribution in [0.5, 0.6) is 0 Å². The van der Waals surface area contributed by atoms with Gasteiger partial charge < -0.3 is 20.3 Å². The van der Waals surface area contributed by atoms with Crippen molar-refractivity contribution in [2.75, 3.05) is 5.32 Å². The number of nitrogens with one attached hydrogen (secondary N) is 2. The fraction of sp³-hybridized carbons (Fsp3) is 0.607. The smallest absolute Gasteiger partial charge is 0.246 e. The lowest BCUT2D eigenvalue weighted by molar-refractivity contribution is -0.144. The Morgan fingerprint density at radius 2 is 1.61 bits per heavy atom. The van der Waals surface area contributed by atoms with Crippen molar-refractivity contribution >= 4 is 35.0 Å². The first kappa shape index (κ1) is 24.0. The van der Waals surface area contributed by atoms with E-state index in [-0.39, 0.29) is 29.8 Å². The van der Waals surface area contributed by atoms with Crippen molar-refractivity contribution in [3.8, 4) is 0 Å². The number of hydrogen-bond acceptors (Lipinski definition) is 4. The predicted octanol–water partition coefficient (Wildman–Crippen LogP) is 4.21. The molecule has 192 valence electrons. The highest BCUT2D eigenvalue weighted by atomic mass is 35.5. The number of ether oxygens (including phenoxy) is 1. The highest BCUT2D eigenvalue weighted by molar-refractivity contribution is 6.30.